The van der Waals surface area contributed by atoms with Gasteiger partial charge >= 0.3 is 6.03 Å². The summed E-state index contributed by atoms with van der Waals surface area (Å²) in [5.41, 5.74) is -2.52. The molecular weight excluding hydrogens is 440 g/mol. The second-order valence-electron chi connectivity index (χ2n) is 7.77. The number of urea groups is 1. The van der Waals surface area contributed by atoms with Crippen molar-refractivity contribution >= 4 is 33.4 Å². The first kappa shape index (κ1) is 27.4. The molecule has 0 aliphatic carbocycles. The van der Waals surface area contributed by atoms with Crippen molar-refractivity contribution in [2.24, 2.45) is 0 Å². The molecular formula is C22H35ClN2O5S. The molecule has 0 spiro atoms. The van der Waals surface area contributed by atoms with Gasteiger partial charge in [-0.1, -0.05) is 64.0 Å². The highest BCUT2D eigenvalue weighted by Gasteiger charge is 2.47. The van der Waals surface area contributed by atoms with Crippen LogP contribution in [-0.2, 0) is 14.8 Å². The summed E-state index contributed by atoms with van der Waals surface area (Å²) in [5.74, 6) is -0.717. The SMILES string of the molecule is CCCCCCCCCC(=O)C(C)(O)N(C(=O)NCCC)S(=O)(=O)c1ccc(Cl)cc1. The van der Waals surface area contributed by atoms with Gasteiger partial charge in [-0.25, -0.2) is 13.2 Å². The van der Waals surface area contributed by atoms with Crippen molar-refractivity contribution < 1.29 is 23.1 Å². The summed E-state index contributed by atoms with van der Waals surface area (Å²) in [6.07, 6.45) is 7.39. The van der Waals surface area contributed by atoms with E-state index >= 15 is 0 Å². The van der Waals surface area contributed by atoms with E-state index in [1.54, 1.807) is 0 Å². The fraction of sp³-hybridized carbons (Fsp3) is 0.636. The number of carbonyl (C=O) groups is 2. The lowest BCUT2D eigenvalue weighted by molar-refractivity contribution is -0.144. The molecule has 1 aromatic rings. The number of unbranched alkanes of at least 4 members (excludes halogenated alkanes) is 6. The van der Waals surface area contributed by atoms with Crippen LogP contribution >= 0.6 is 11.6 Å². The average molecular weight is 475 g/mol. The molecule has 0 bridgehead atoms. The maximum Gasteiger partial charge on any atom is 0.334 e. The summed E-state index contributed by atoms with van der Waals surface area (Å²) >= 11 is 5.83. The van der Waals surface area contributed by atoms with E-state index in [0.717, 1.165) is 39.0 Å². The minimum Gasteiger partial charge on any atom is -0.364 e. The summed E-state index contributed by atoms with van der Waals surface area (Å²) in [4.78, 5) is 25.3. The molecule has 0 saturated carbocycles. The zero-order valence-electron chi connectivity index (χ0n) is 18.7. The standard InChI is InChI=1S/C22H35ClN2O5S/c1-4-6-7-8-9-10-11-12-20(26)22(3,28)25(21(27)24-17-5-2)31(29,30)19-15-13-18(23)14-16-19/h13-16,28H,4-12,17H2,1-3H3,(H,24,27). The highest BCUT2D eigenvalue weighted by Crippen LogP contribution is 2.27. The molecule has 9 heteroatoms. The number of aliphatic hydroxyl groups is 1. The molecule has 1 unspecified atom stereocenters. The molecule has 2 amide bonds. The van der Waals surface area contributed by atoms with Crippen molar-refractivity contribution in [1.29, 1.82) is 0 Å². The van der Waals surface area contributed by atoms with Crippen LogP contribution in [0.5, 0.6) is 0 Å². The van der Waals surface area contributed by atoms with E-state index in [0.29, 0.717) is 17.9 Å². The minimum absolute atomic E-state index is 0.0194. The van der Waals surface area contributed by atoms with Gasteiger partial charge in [0.1, 0.15) is 0 Å². The van der Waals surface area contributed by atoms with E-state index in [-0.39, 0.29) is 22.2 Å². The number of rotatable bonds is 14. The number of benzene rings is 1. The van der Waals surface area contributed by atoms with E-state index in [2.05, 4.69) is 12.2 Å². The summed E-state index contributed by atoms with van der Waals surface area (Å²) in [5, 5.41) is 13.7. The quantitative estimate of drug-likeness (QED) is 0.295. The molecule has 0 aliphatic heterocycles. The Morgan fingerprint density at radius 3 is 2.10 bits per heavy atom. The van der Waals surface area contributed by atoms with Gasteiger partial charge in [0.2, 0.25) is 5.72 Å². The molecule has 0 radical (unpaired) electrons. The number of halogens is 1. The number of amides is 2. The first-order valence-corrected chi connectivity index (χ1v) is 12.7. The smallest absolute Gasteiger partial charge is 0.334 e. The second kappa shape index (κ2) is 13.0. The third kappa shape index (κ3) is 8.09. The molecule has 1 atom stereocenters. The molecule has 0 aliphatic rings. The molecule has 0 heterocycles. The highest BCUT2D eigenvalue weighted by atomic mass is 35.5. The number of hydrogen-bond acceptors (Lipinski definition) is 5. The van der Waals surface area contributed by atoms with Gasteiger partial charge in [0, 0.05) is 18.0 Å². The van der Waals surface area contributed by atoms with Gasteiger partial charge in [0.15, 0.2) is 5.78 Å². The maximum absolute atomic E-state index is 13.2. The van der Waals surface area contributed by atoms with Crippen LogP contribution in [0.3, 0.4) is 0 Å². The van der Waals surface area contributed by atoms with E-state index in [4.69, 9.17) is 11.6 Å². The summed E-state index contributed by atoms with van der Waals surface area (Å²) < 4.78 is 26.6. The molecule has 0 saturated heterocycles. The average Bonchev–Trinajstić information content (AvgIpc) is 2.71. The summed E-state index contributed by atoms with van der Waals surface area (Å²) in [6, 6.07) is 4.15. The summed E-state index contributed by atoms with van der Waals surface area (Å²) in [7, 11) is -4.50. The Bertz CT molecular complexity index is 810. The molecule has 7 nitrogen and oxygen atoms in total. The van der Waals surface area contributed by atoms with Crippen LogP contribution in [0, 0.1) is 0 Å². The van der Waals surface area contributed by atoms with Gasteiger partial charge in [0.05, 0.1) is 4.90 Å². The molecule has 31 heavy (non-hydrogen) atoms. The Hall–Kier alpha value is -1.64. The van der Waals surface area contributed by atoms with E-state index in [9.17, 15) is 23.1 Å². The number of nitrogens with one attached hydrogen (secondary N) is 1. The first-order chi connectivity index (χ1) is 14.6. The topological polar surface area (TPSA) is 104 Å². The van der Waals surface area contributed by atoms with Crippen LogP contribution in [0.25, 0.3) is 0 Å². The Morgan fingerprint density at radius 1 is 1.00 bits per heavy atom. The van der Waals surface area contributed by atoms with Crippen molar-refractivity contribution in [3.05, 3.63) is 29.3 Å². The van der Waals surface area contributed by atoms with E-state index in [1.165, 1.54) is 30.7 Å². The fourth-order valence-corrected chi connectivity index (χ4v) is 4.82. The van der Waals surface area contributed by atoms with Crippen LogP contribution in [0.4, 0.5) is 4.79 Å². The lowest BCUT2D eigenvalue weighted by Crippen LogP contribution is -2.60. The number of nitrogens with zero attached hydrogens (tertiary/aromatic N) is 1. The summed E-state index contributed by atoms with van der Waals surface area (Å²) in [6.45, 7) is 5.20. The van der Waals surface area contributed by atoms with Crippen LogP contribution < -0.4 is 5.32 Å². The molecule has 1 rings (SSSR count). The second-order valence-corrected chi connectivity index (χ2v) is 9.99. The molecule has 2 N–H and O–H groups in total. The van der Waals surface area contributed by atoms with Gasteiger partial charge in [-0.05, 0) is 44.0 Å². The lowest BCUT2D eigenvalue weighted by atomic mass is 10.0. The van der Waals surface area contributed by atoms with Crippen molar-refractivity contribution in [2.45, 2.75) is 89.2 Å². The molecule has 0 aromatic heterocycles. The third-order valence-corrected chi connectivity index (χ3v) is 7.12. The van der Waals surface area contributed by atoms with Gasteiger partial charge in [-0.2, -0.15) is 4.31 Å². The largest absolute Gasteiger partial charge is 0.364 e. The number of carbonyl (C=O) groups excluding carboxylic acids is 2. The third-order valence-electron chi connectivity index (χ3n) is 4.99. The molecule has 0 fully saturated rings. The fourth-order valence-electron chi connectivity index (χ4n) is 3.15. The van der Waals surface area contributed by atoms with Crippen LogP contribution in [0.15, 0.2) is 29.2 Å². The number of ketones is 1. The van der Waals surface area contributed by atoms with Gasteiger partial charge in [-0.3, -0.25) is 4.79 Å². The minimum atomic E-state index is -4.50. The van der Waals surface area contributed by atoms with Gasteiger partial charge in [0.25, 0.3) is 10.0 Å². The Morgan fingerprint density at radius 2 is 1.55 bits per heavy atom. The zero-order chi connectivity index (χ0) is 23.5. The van der Waals surface area contributed by atoms with Crippen molar-refractivity contribution in [2.75, 3.05) is 6.54 Å². The Balaban J connectivity index is 3.01. The lowest BCUT2D eigenvalue weighted by Gasteiger charge is -2.34. The van der Waals surface area contributed by atoms with Crippen molar-refractivity contribution in [3.8, 4) is 0 Å². The van der Waals surface area contributed by atoms with Crippen molar-refractivity contribution in [3.63, 3.8) is 0 Å². The number of hydrogen-bond donors (Lipinski definition) is 2. The van der Waals surface area contributed by atoms with E-state index < -0.39 is 27.6 Å². The Kier molecular flexibility index (Phi) is 11.5. The molecule has 176 valence electrons. The van der Waals surface area contributed by atoms with Crippen LogP contribution in [0.2, 0.25) is 5.02 Å². The van der Waals surface area contributed by atoms with Crippen molar-refractivity contribution in [1.82, 2.24) is 9.62 Å². The van der Waals surface area contributed by atoms with Gasteiger partial charge in [-0.15, -0.1) is 0 Å². The maximum atomic E-state index is 13.2. The zero-order valence-corrected chi connectivity index (χ0v) is 20.3. The Labute approximate surface area is 191 Å². The number of sulfonamides is 1. The normalized spacial score (nSPS) is 13.5. The number of Topliss-reactive ketones (excluding diaryl/α,β-unsaturated/α-hetero) is 1. The van der Waals surface area contributed by atoms with Crippen LogP contribution in [-0.4, -0.2) is 41.9 Å². The monoisotopic (exact) mass is 474 g/mol. The predicted octanol–water partition coefficient (Wildman–Crippen LogP) is 4.87. The molecule has 1 aromatic carbocycles. The predicted molar refractivity (Wildman–Crippen MR) is 122 cm³/mol. The highest BCUT2D eigenvalue weighted by molar-refractivity contribution is 7.89. The first-order valence-electron chi connectivity index (χ1n) is 10.9. The van der Waals surface area contributed by atoms with Crippen LogP contribution in [0.1, 0.15) is 78.6 Å². The van der Waals surface area contributed by atoms with E-state index in [1.807, 2.05) is 6.92 Å². The van der Waals surface area contributed by atoms with Gasteiger partial charge < -0.3 is 10.4 Å².